The van der Waals surface area contributed by atoms with Gasteiger partial charge in [-0.2, -0.15) is 0 Å². The van der Waals surface area contributed by atoms with Gasteiger partial charge in [0.15, 0.2) is 0 Å². The van der Waals surface area contributed by atoms with E-state index in [2.05, 4.69) is 0 Å². The van der Waals surface area contributed by atoms with Crippen LogP contribution < -0.4 is 4.49 Å². The molecule has 0 saturated carbocycles. The highest BCUT2D eigenvalue weighted by atomic mass is 32.2. The minimum Gasteiger partial charge on any atom is -0.296 e. The Morgan fingerprint density at radius 3 is 2.05 bits per heavy atom. The topological polar surface area (TPSA) is 125 Å². The summed E-state index contributed by atoms with van der Waals surface area (Å²) in [4.78, 5) is 9.57. The molecule has 0 saturated heterocycles. The molecule has 0 aliphatic carbocycles. The van der Waals surface area contributed by atoms with Crippen molar-refractivity contribution >= 4 is 23.5 Å². The Kier molecular flexibility index (Phi) is 5.99. The van der Waals surface area contributed by atoms with Crippen molar-refractivity contribution < 1.29 is 27.0 Å². The number of sulfonamides is 1. The Labute approximate surface area is 122 Å². The molecule has 118 valence electrons. The van der Waals surface area contributed by atoms with Gasteiger partial charge in [0.05, 0.1) is 23.0 Å². The molecule has 11 heteroatoms. The molecule has 0 radical (unpaired) electrons. The van der Waals surface area contributed by atoms with E-state index in [9.17, 15) is 23.1 Å². The van der Waals surface area contributed by atoms with Crippen LogP contribution in [-0.2, 0) is 23.6 Å². The van der Waals surface area contributed by atoms with Crippen LogP contribution in [0, 0.1) is 10.1 Å². The molecule has 1 aromatic rings. The lowest BCUT2D eigenvalue weighted by molar-refractivity contribution is -0.384. The van der Waals surface area contributed by atoms with Crippen molar-refractivity contribution in [1.29, 1.82) is 0 Å². The van der Waals surface area contributed by atoms with Crippen molar-refractivity contribution in [3.8, 4) is 0 Å². The number of nitro benzene ring substituents is 1. The van der Waals surface area contributed by atoms with Gasteiger partial charge in [-0.05, 0) is 26.0 Å². The van der Waals surface area contributed by atoms with Crippen LogP contribution in [0.2, 0.25) is 0 Å². The first kappa shape index (κ1) is 17.7. The first-order chi connectivity index (χ1) is 9.74. The molecule has 0 heterocycles. The van der Waals surface area contributed by atoms with Crippen molar-refractivity contribution in [2.45, 2.75) is 18.7 Å². The second-order valence-electron chi connectivity index (χ2n) is 3.68. The van der Waals surface area contributed by atoms with Gasteiger partial charge in [-0.1, -0.05) is 0 Å². The van der Waals surface area contributed by atoms with Gasteiger partial charge in [0.2, 0.25) is 10.0 Å². The van der Waals surface area contributed by atoms with Crippen molar-refractivity contribution in [2.75, 3.05) is 13.2 Å². The van der Waals surface area contributed by atoms with Crippen molar-refractivity contribution in [3.63, 3.8) is 0 Å². The fraction of sp³-hybridized carbons (Fsp3) is 0.400. The second kappa shape index (κ2) is 7.10. The number of nitrogens with one attached hydrogen (secondary N) is 1. The van der Waals surface area contributed by atoms with E-state index >= 15 is 0 Å². The van der Waals surface area contributed by atoms with E-state index in [1.54, 1.807) is 0 Å². The Morgan fingerprint density at radius 1 is 1.19 bits per heavy atom. The quantitative estimate of drug-likeness (QED) is 0.437. The van der Waals surface area contributed by atoms with Gasteiger partial charge in [0.1, 0.15) is 0 Å². The molecule has 0 aromatic heterocycles. The van der Waals surface area contributed by atoms with Crippen LogP contribution in [0.25, 0.3) is 0 Å². The first-order valence-electron chi connectivity index (χ1n) is 5.91. The lowest BCUT2D eigenvalue weighted by Gasteiger charge is -2.17. The Morgan fingerprint density at radius 2 is 1.67 bits per heavy atom. The minimum absolute atomic E-state index is 0.0138. The third kappa shape index (κ3) is 4.87. The number of benzene rings is 1. The van der Waals surface area contributed by atoms with Crippen molar-refractivity contribution in [2.24, 2.45) is 0 Å². The molecule has 0 fully saturated rings. The summed E-state index contributed by atoms with van der Waals surface area (Å²) in [5.74, 6) is 0. The average molecular weight is 338 g/mol. The highest BCUT2D eigenvalue weighted by Gasteiger charge is 2.31. The number of rotatable bonds is 8. The van der Waals surface area contributed by atoms with Gasteiger partial charge in [0.25, 0.3) is 5.69 Å². The van der Waals surface area contributed by atoms with Gasteiger partial charge in [-0.25, -0.2) is 13.0 Å². The molecule has 1 rings (SSSR count). The fourth-order valence-electron chi connectivity index (χ4n) is 1.38. The van der Waals surface area contributed by atoms with Crippen LogP contribution in [-0.4, -0.2) is 26.6 Å². The maximum Gasteiger partial charge on any atom is 0.419 e. The zero-order chi connectivity index (χ0) is 16.1. The van der Waals surface area contributed by atoms with Gasteiger partial charge in [0, 0.05) is 12.1 Å². The molecule has 0 amide bonds. The largest absolute Gasteiger partial charge is 0.419 e. The van der Waals surface area contributed by atoms with Crippen LogP contribution in [0.5, 0.6) is 0 Å². The molecular weight excluding hydrogens is 323 g/mol. The number of hydrogen-bond acceptors (Lipinski definition) is 7. The predicted octanol–water partition coefficient (Wildman–Crippen LogP) is 2.05. The average Bonchev–Trinajstić information content (AvgIpc) is 2.38. The third-order valence-corrected chi connectivity index (χ3v) is 6.13. The normalized spacial score (nSPS) is 12.3. The fourth-order valence-corrected chi connectivity index (χ4v) is 4.65. The molecule has 1 aromatic carbocycles. The Bertz CT molecular complexity index is 634. The number of non-ortho nitro benzene ring substituents is 1. The Balaban J connectivity index is 3.04. The maximum absolute atomic E-state index is 12.1. The highest BCUT2D eigenvalue weighted by molar-refractivity contribution is 7.94. The zero-order valence-corrected chi connectivity index (χ0v) is 13.1. The van der Waals surface area contributed by atoms with Crippen LogP contribution >= 0.6 is 7.75 Å². The SMILES string of the molecule is CCOP(=O)(NS(=O)(=O)c1ccc([N+](=O)[O-])cc1)OCC. The van der Waals surface area contributed by atoms with Gasteiger partial charge in [-0.3, -0.25) is 19.2 Å². The number of nitrogens with zero attached hydrogens (tertiary/aromatic N) is 1. The van der Waals surface area contributed by atoms with E-state index in [1.807, 2.05) is 4.49 Å². The van der Waals surface area contributed by atoms with E-state index in [0.717, 1.165) is 24.3 Å². The summed E-state index contributed by atoms with van der Waals surface area (Å²) in [5.41, 5.74) is -0.258. The van der Waals surface area contributed by atoms with Gasteiger partial charge < -0.3 is 0 Å². The summed E-state index contributed by atoms with van der Waals surface area (Å²) in [7, 11) is -8.20. The molecule has 0 atom stereocenters. The number of hydrogen-bond donors (Lipinski definition) is 1. The molecule has 0 aliphatic rings. The van der Waals surface area contributed by atoms with Crippen LogP contribution in [0.15, 0.2) is 29.2 Å². The maximum atomic E-state index is 12.1. The Hall–Kier alpha value is -1.32. The van der Waals surface area contributed by atoms with Crippen molar-refractivity contribution in [3.05, 3.63) is 34.4 Å². The molecule has 0 aliphatic heterocycles. The molecule has 21 heavy (non-hydrogen) atoms. The summed E-state index contributed by atoms with van der Waals surface area (Å²) >= 11 is 0. The summed E-state index contributed by atoms with van der Waals surface area (Å²) in [6, 6.07) is 4.12. The van der Waals surface area contributed by atoms with Gasteiger partial charge >= 0.3 is 7.75 Å². The monoisotopic (exact) mass is 338 g/mol. The molecule has 0 unspecified atom stereocenters. The zero-order valence-electron chi connectivity index (χ0n) is 11.4. The van der Waals surface area contributed by atoms with E-state index in [0.29, 0.717) is 0 Å². The summed E-state index contributed by atoms with van der Waals surface area (Å²) in [5, 5.41) is 10.5. The summed E-state index contributed by atoms with van der Waals surface area (Å²) in [6.45, 7) is 3.04. The summed E-state index contributed by atoms with van der Waals surface area (Å²) in [6.07, 6.45) is 0. The van der Waals surface area contributed by atoms with Crippen LogP contribution in [0.4, 0.5) is 5.69 Å². The smallest absolute Gasteiger partial charge is 0.296 e. The second-order valence-corrected chi connectivity index (χ2v) is 7.40. The molecular formula is C10H15N2O7PS. The lowest BCUT2D eigenvalue weighted by Crippen LogP contribution is -2.23. The summed E-state index contributed by atoms with van der Waals surface area (Å²) < 4.78 is 47.8. The van der Waals surface area contributed by atoms with E-state index in [1.165, 1.54) is 13.8 Å². The predicted molar refractivity (Wildman–Crippen MR) is 74.3 cm³/mol. The molecule has 9 nitrogen and oxygen atoms in total. The standard InChI is InChI=1S/C10H15N2O7PS/c1-3-18-20(15,19-4-2)11-21(16,17)10-7-5-9(6-8-10)12(13)14/h5-8H,3-4H2,1-2H3,(H,11,15). The lowest BCUT2D eigenvalue weighted by atomic mass is 10.3. The van der Waals surface area contributed by atoms with E-state index in [-0.39, 0.29) is 23.8 Å². The van der Waals surface area contributed by atoms with Crippen LogP contribution in [0.1, 0.15) is 13.8 Å². The molecule has 0 bridgehead atoms. The third-order valence-electron chi connectivity index (χ3n) is 2.19. The number of nitro groups is 1. The highest BCUT2D eigenvalue weighted by Crippen LogP contribution is 2.45. The van der Waals surface area contributed by atoms with Crippen LogP contribution in [0.3, 0.4) is 0 Å². The van der Waals surface area contributed by atoms with E-state index < -0.39 is 22.7 Å². The van der Waals surface area contributed by atoms with Crippen molar-refractivity contribution in [1.82, 2.24) is 4.49 Å². The van der Waals surface area contributed by atoms with Gasteiger partial charge in [-0.15, -0.1) is 4.49 Å². The minimum atomic E-state index is -4.19. The molecule has 1 N–H and O–H groups in total. The van der Waals surface area contributed by atoms with E-state index in [4.69, 9.17) is 9.05 Å². The molecule has 0 spiro atoms. The first-order valence-corrected chi connectivity index (χ1v) is 8.94.